The lowest BCUT2D eigenvalue weighted by atomic mass is 10.1. The molecule has 1 aliphatic heterocycles. The van der Waals surface area contributed by atoms with E-state index in [9.17, 15) is 14.4 Å². The molecule has 130 valence electrons. The van der Waals surface area contributed by atoms with Crippen LogP contribution in [0.4, 0.5) is 15.3 Å². The first-order valence-corrected chi connectivity index (χ1v) is 8.21. The molecule has 3 rings (SSSR count). The van der Waals surface area contributed by atoms with E-state index in [1.54, 1.807) is 24.3 Å². The van der Waals surface area contributed by atoms with Gasteiger partial charge in [-0.3, -0.25) is 10.1 Å². The summed E-state index contributed by atoms with van der Waals surface area (Å²) in [5.41, 5.74) is 1.51. The summed E-state index contributed by atoms with van der Waals surface area (Å²) in [5.74, 6) is -0.309. The van der Waals surface area contributed by atoms with Crippen molar-refractivity contribution in [3.05, 3.63) is 29.8 Å². The van der Waals surface area contributed by atoms with Gasteiger partial charge in [-0.25, -0.2) is 9.59 Å². The van der Waals surface area contributed by atoms with Gasteiger partial charge < -0.3 is 16.0 Å². The Balaban J connectivity index is 1.49. The predicted molar refractivity (Wildman–Crippen MR) is 89.5 cm³/mol. The zero-order chi connectivity index (χ0) is 17.8. The average Bonchev–Trinajstić information content (AvgIpc) is 3.15. The van der Waals surface area contributed by atoms with Crippen LogP contribution in [-0.2, 0) is 11.2 Å². The number of nitrogens with one attached hydrogen (secondary N) is 4. The topological polar surface area (TPSA) is 123 Å². The molecule has 1 aromatic rings. The number of hydrogen-bond donors (Lipinski definition) is 4. The average molecular weight is 341 g/mol. The van der Waals surface area contributed by atoms with E-state index in [1.807, 2.05) is 0 Å². The molecule has 0 aromatic heterocycles. The summed E-state index contributed by atoms with van der Waals surface area (Å²) in [6.07, 6.45) is 2.72. The molecule has 8 heteroatoms. The zero-order valence-electron chi connectivity index (χ0n) is 13.5. The summed E-state index contributed by atoms with van der Waals surface area (Å²) in [7, 11) is 0. The van der Waals surface area contributed by atoms with Crippen LogP contribution >= 0.6 is 0 Å². The molecule has 25 heavy (non-hydrogen) atoms. The van der Waals surface area contributed by atoms with Crippen molar-refractivity contribution < 1.29 is 14.4 Å². The van der Waals surface area contributed by atoms with Crippen molar-refractivity contribution in [3.8, 4) is 6.07 Å². The monoisotopic (exact) mass is 341 g/mol. The lowest BCUT2D eigenvalue weighted by molar-refractivity contribution is -0.120. The molecular weight excluding hydrogens is 322 g/mol. The third kappa shape index (κ3) is 4.26. The summed E-state index contributed by atoms with van der Waals surface area (Å²) in [6, 6.07) is 8.03. The van der Waals surface area contributed by atoms with Crippen LogP contribution in [0.15, 0.2) is 24.3 Å². The number of hydrogen-bond acceptors (Lipinski definition) is 4. The van der Waals surface area contributed by atoms with Crippen LogP contribution in [0.2, 0.25) is 0 Å². The van der Waals surface area contributed by atoms with Gasteiger partial charge in [0.05, 0.1) is 6.07 Å². The second-order valence-electron chi connectivity index (χ2n) is 6.35. The second-order valence-corrected chi connectivity index (χ2v) is 6.35. The van der Waals surface area contributed by atoms with Crippen LogP contribution in [0.3, 0.4) is 0 Å². The van der Waals surface area contributed by atoms with Gasteiger partial charge in [0.25, 0.3) is 5.91 Å². The summed E-state index contributed by atoms with van der Waals surface area (Å²) >= 11 is 0. The van der Waals surface area contributed by atoms with Gasteiger partial charge >= 0.3 is 12.1 Å². The molecule has 1 heterocycles. The van der Waals surface area contributed by atoms with Gasteiger partial charge in [-0.05, 0) is 37.0 Å². The fourth-order valence-corrected chi connectivity index (χ4v) is 3.14. The highest BCUT2D eigenvalue weighted by Crippen LogP contribution is 2.24. The number of carbonyl (C=O) groups is 3. The predicted octanol–water partition coefficient (Wildman–Crippen LogP) is 1.25. The number of nitriles is 1. The molecule has 5 amide bonds. The van der Waals surface area contributed by atoms with Crippen LogP contribution in [0.1, 0.15) is 24.8 Å². The van der Waals surface area contributed by atoms with Gasteiger partial charge in [0.15, 0.2) is 0 Å². The number of rotatable bonds is 4. The van der Waals surface area contributed by atoms with Gasteiger partial charge in [-0.2, -0.15) is 5.26 Å². The Morgan fingerprint density at radius 2 is 2.00 bits per heavy atom. The van der Waals surface area contributed by atoms with E-state index in [2.05, 4.69) is 27.3 Å². The van der Waals surface area contributed by atoms with E-state index in [1.165, 1.54) is 0 Å². The number of benzene rings is 1. The Morgan fingerprint density at radius 1 is 1.24 bits per heavy atom. The van der Waals surface area contributed by atoms with E-state index in [-0.39, 0.29) is 23.9 Å². The summed E-state index contributed by atoms with van der Waals surface area (Å²) < 4.78 is 0. The lowest BCUT2D eigenvalue weighted by Gasteiger charge is -2.13. The fraction of sp³-hybridized carbons (Fsp3) is 0.412. The third-order valence-corrected chi connectivity index (χ3v) is 4.46. The van der Waals surface area contributed by atoms with Gasteiger partial charge in [0.2, 0.25) is 0 Å². The lowest BCUT2D eigenvalue weighted by Crippen LogP contribution is -2.36. The maximum Gasteiger partial charge on any atom is 0.322 e. The molecule has 1 aromatic carbocycles. The third-order valence-electron chi connectivity index (χ3n) is 4.46. The first-order valence-electron chi connectivity index (χ1n) is 8.21. The molecule has 1 saturated heterocycles. The van der Waals surface area contributed by atoms with E-state index in [4.69, 9.17) is 5.26 Å². The molecule has 4 N–H and O–H groups in total. The number of anilines is 1. The maximum atomic E-state index is 12.0. The van der Waals surface area contributed by atoms with Crippen molar-refractivity contribution >= 4 is 23.7 Å². The standard InChI is InChI=1S/C17H19N5O3/c18-9-11-3-6-13(7-11)20-16(24)19-12-4-1-10(2-5-12)8-14-15(23)22-17(25)21-14/h1-2,4-5,11,13-14H,3,6-8H2,(H2,19,20,24)(H2,21,22,23,25)/t11-,13+,14?/m0/s1. The summed E-state index contributed by atoms with van der Waals surface area (Å²) in [5, 5.41) is 19.3. The number of amides is 5. The van der Waals surface area contributed by atoms with Crippen LogP contribution < -0.4 is 21.3 Å². The Kier molecular flexibility index (Phi) is 4.84. The van der Waals surface area contributed by atoms with Crippen LogP contribution in [-0.4, -0.2) is 30.1 Å². The van der Waals surface area contributed by atoms with Crippen molar-refractivity contribution in [2.45, 2.75) is 37.8 Å². The van der Waals surface area contributed by atoms with E-state index in [0.29, 0.717) is 18.5 Å². The molecule has 8 nitrogen and oxygen atoms in total. The molecule has 0 bridgehead atoms. The first kappa shape index (κ1) is 16.8. The molecule has 0 radical (unpaired) electrons. The van der Waals surface area contributed by atoms with Gasteiger partial charge in [-0.1, -0.05) is 12.1 Å². The number of nitrogens with zero attached hydrogens (tertiary/aromatic N) is 1. The second kappa shape index (κ2) is 7.21. The Bertz CT molecular complexity index is 725. The summed E-state index contributed by atoms with van der Waals surface area (Å²) in [4.78, 5) is 34.6. The van der Waals surface area contributed by atoms with Gasteiger partial charge in [0.1, 0.15) is 6.04 Å². The van der Waals surface area contributed by atoms with Crippen LogP contribution in [0.5, 0.6) is 0 Å². The Hall–Kier alpha value is -3.08. The molecule has 0 spiro atoms. The smallest absolute Gasteiger partial charge is 0.322 e. The first-order chi connectivity index (χ1) is 12.0. The van der Waals surface area contributed by atoms with Crippen molar-refractivity contribution in [1.82, 2.24) is 16.0 Å². The molecule has 1 unspecified atom stereocenters. The van der Waals surface area contributed by atoms with Crippen LogP contribution in [0, 0.1) is 17.2 Å². The van der Waals surface area contributed by atoms with Crippen molar-refractivity contribution in [2.75, 3.05) is 5.32 Å². The van der Waals surface area contributed by atoms with Crippen LogP contribution in [0.25, 0.3) is 0 Å². The highest BCUT2D eigenvalue weighted by Gasteiger charge is 2.29. The molecule has 2 fully saturated rings. The van der Waals surface area contributed by atoms with Crippen molar-refractivity contribution in [1.29, 1.82) is 5.26 Å². The maximum absolute atomic E-state index is 12.0. The van der Waals surface area contributed by atoms with Crippen molar-refractivity contribution in [2.24, 2.45) is 5.92 Å². The number of urea groups is 2. The molecule has 1 aliphatic carbocycles. The molecule has 3 atom stereocenters. The largest absolute Gasteiger partial charge is 0.335 e. The fourth-order valence-electron chi connectivity index (χ4n) is 3.14. The summed E-state index contributed by atoms with van der Waals surface area (Å²) in [6.45, 7) is 0. The van der Waals surface area contributed by atoms with Crippen molar-refractivity contribution in [3.63, 3.8) is 0 Å². The van der Waals surface area contributed by atoms with Gasteiger partial charge in [-0.15, -0.1) is 0 Å². The highest BCUT2D eigenvalue weighted by molar-refractivity contribution is 6.04. The molecule has 1 saturated carbocycles. The quantitative estimate of drug-likeness (QED) is 0.615. The highest BCUT2D eigenvalue weighted by atomic mass is 16.2. The minimum atomic E-state index is -0.565. The normalized spacial score (nSPS) is 25.0. The molecular formula is C17H19N5O3. The minimum absolute atomic E-state index is 0.0258. The number of imide groups is 1. The Labute approximate surface area is 145 Å². The SMILES string of the molecule is N#C[C@H]1CC[C@@H](NC(=O)Nc2ccc(CC3NC(=O)NC3=O)cc2)C1. The number of carbonyl (C=O) groups excluding carboxylic acids is 3. The van der Waals surface area contributed by atoms with E-state index >= 15 is 0 Å². The minimum Gasteiger partial charge on any atom is -0.335 e. The Morgan fingerprint density at radius 3 is 2.60 bits per heavy atom. The zero-order valence-corrected chi connectivity index (χ0v) is 13.5. The van der Waals surface area contributed by atoms with E-state index < -0.39 is 12.1 Å². The van der Waals surface area contributed by atoms with Gasteiger partial charge in [0, 0.05) is 24.1 Å². The van der Waals surface area contributed by atoms with E-state index in [0.717, 1.165) is 18.4 Å². The molecule has 2 aliphatic rings.